The standard InChI is InChI=1S/C22H20N4O2S/c27-20(12-11-19-23-15-7-2-1-6-14(15)21(28)25-19)26-13-5-9-17(26)22-24-16-8-3-4-10-18(16)29-22/h1-4,6-8,10,17H,5,9,11-13H2,(H,23,25,28). The van der Waals surface area contributed by atoms with Gasteiger partial charge in [-0.3, -0.25) is 9.59 Å². The first-order chi connectivity index (χ1) is 14.2. The molecule has 1 fully saturated rings. The Bertz CT molecular complexity index is 1230. The molecule has 0 spiro atoms. The summed E-state index contributed by atoms with van der Waals surface area (Å²) in [6.45, 7) is 0.751. The first-order valence-electron chi connectivity index (χ1n) is 9.82. The van der Waals surface area contributed by atoms with E-state index in [1.165, 1.54) is 0 Å². The summed E-state index contributed by atoms with van der Waals surface area (Å²) in [5, 5.41) is 1.58. The van der Waals surface area contributed by atoms with Gasteiger partial charge in [0.15, 0.2) is 0 Å². The highest BCUT2D eigenvalue weighted by atomic mass is 32.1. The Morgan fingerprint density at radius 2 is 1.90 bits per heavy atom. The Morgan fingerprint density at radius 3 is 2.76 bits per heavy atom. The van der Waals surface area contributed by atoms with Gasteiger partial charge in [-0.05, 0) is 37.1 Å². The second-order valence-electron chi connectivity index (χ2n) is 7.29. The summed E-state index contributed by atoms with van der Waals surface area (Å²) in [4.78, 5) is 39.2. The minimum Gasteiger partial charge on any atom is -0.333 e. The van der Waals surface area contributed by atoms with Crippen molar-refractivity contribution in [2.75, 3.05) is 6.54 Å². The van der Waals surface area contributed by atoms with Gasteiger partial charge in [0.05, 0.1) is 27.2 Å². The summed E-state index contributed by atoms with van der Waals surface area (Å²) >= 11 is 1.67. The number of rotatable bonds is 4. The number of aromatic amines is 1. The van der Waals surface area contributed by atoms with Gasteiger partial charge in [-0.2, -0.15) is 0 Å². The molecule has 1 unspecified atom stereocenters. The SMILES string of the molecule is O=C(CCc1nc2ccccc2c(=O)[nH]1)N1CCCC1c1nc2ccccc2s1. The number of amides is 1. The number of likely N-dealkylation sites (tertiary alicyclic amines) is 1. The van der Waals surface area contributed by atoms with Crippen molar-refractivity contribution in [3.05, 3.63) is 69.7 Å². The summed E-state index contributed by atoms with van der Waals surface area (Å²) < 4.78 is 1.15. The highest BCUT2D eigenvalue weighted by Crippen LogP contribution is 2.36. The first kappa shape index (κ1) is 18.0. The lowest BCUT2D eigenvalue weighted by atomic mass is 10.2. The zero-order valence-electron chi connectivity index (χ0n) is 15.8. The normalized spacial score (nSPS) is 16.7. The molecule has 1 atom stereocenters. The van der Waals surface area contributed by atoms with Gasteiger partial charge in [-0.15, -0.1) is 11.3 Å². The lowest BCUT2D eigenvalue weighted by Crippen LogP contribution is -2.31. The molecule has 1 N–H and O–H groups in total. The molecule has 0 bridgehead atoms. The lowest BCUT2D eigenvalue weighted by molar-refractivity contribution is -0.132. The van der Waals surface area contributed by atoms with Crippen LogP contribution in [0.5, 0.6) is 0 Å². The minimum atomic E-state index is -0.161. The number of hydrogen-bond acceptors (Lipinski definition) is 5. The molecule has 0 saturated carbocycles. The smallest absolute Gasteiger partial charge is 0.258 e. The molecule has 1 aliphatic heterocycles. The largest absolute Gasteiger partial charge is 0.333 e. The van der Waals surface area contributed by atoms with E-state index in [-0.39, 0.29) is 17.5 Å². The summed E-state index contributed by atoms with van der Waals surface area (Å²) in [5.74, 6) is 0.639. The van der Waals surface area contributed by atoms with Gasteiger partial charge in [0.1, 0.15) is 10.8 Å². The van der Waals surface area contributed by atoms with E-state index in [1.54, 1.807) is 17.4 Å². The topological polar surface area (TPSA) is 79.0 Å². The van der Waals surface area contributed by atoms with Crippen LogP contribution in [0.3, 0.4) is 0 Å². The molecule has 5 rings (SSSR count). The van der Waals surface area contributed by atoms with Crippen LogP contribution in [-0.2, 0) is 11.2 Å². The van der Waals surface area contributed by atoms with Crippen LogP contribution < -0.4 is 5.56 Å². The molecule has 0 aliphatic carbocycles. The fraction of sp³-hybridized carbons (Fsp3) is 0.273. The molecular weight excluding hydrogens is 384 g/mol. The molecule has 146 valence electrons. The predicted octanol–water partition coefficient (Wildman–Crippen LogP) is 3.83. The van der Waals surface area contributed by atoms with E-state index in [1.807, 2.05) is 41.3 Å². The predicted molar refractivity (Wildman–Crippen MR) is 114 cm³/mol. The Kier molecular flexibility index (Phi) is 4.60. The molecule has 29 heavy (non-hydrogen) atoms. The number of carbonyl (C=O) groups excluding carboxylic acids is 1. The molecule has 2 aromatic carbocycles. The van der Waals surface area contributed by atoms with Crippen LogP contribution in [0.15, 0.2) is 53.3 Å². The van der Waals surface area contributed by atoms with E-state index in [4.69, 9.17) is 4.98 Å². The van der Waals surface area contributed by atoms with Crippen molar-refractivity contribution in [1.82, 2.24) is 19.9 Å². The van der Waals surface area contributed by atoms with E-state index < -0.39 is 0 Å². The van der Waals surface area contributed by atoms with Crippen molar-refractivity contribution in [2.24, 2.45) is 0 Å². The number of fused-ring (bicyclic) bond motifs is 2. The Hall–Kier alpha value is -3.06. The summed E-state index contributed by atoms with van der Waals surface area (Å²) in [5.41, 5.74) is 1.49. The van der Waals surface area contributed by atoms with Crippen LogP contribution in [-0.4, -0.2) is 32.3 Å². The van der Waals surface area contributed by atoms with E-state index in [9.17, 15) is 9.59 Å². The van der Waals surface area contributed by atoms with Crippen molar-refractivity contribution >= 4 is 38.4 Å². The number of benzene rings is 2. The van der Waals surface area contributed by atoms with Crippen LogP contribution in [0, 0.1) is 0 Å². The third-order valence-electron chi connectivity index (χ3n) is 5.41. The number of nitrogens with zero attached hydrogens (tertiary/aromatic N) is 3. The van der Waals surface area contributed by atoms with Gasteiger partial charge in [-0.25, -0.2) is 9.97 Å². The number of aromatic nitrogens is 3. The van der Waals surface area contributed by atoms with E-state index in [0.29, 0.717) is 29.6 Å². The molecule has 0 radical (unpaired) electrons. The van der Waals surface area contributed by atoms with Crippen molar-refractivity contribution in [3.63, 3.8) is 0 Å². The van der Waals surface area contributed by atoms with Crippen molar-refractivity contribution in [2.45, 2.75) is 31.7 Å². The highest BCUT2D eigenvalue weighted by Gasteiger charge is 2.32. The van der Waals surface area contributed by atoms with E-state index in [2.05, 4.69) is 16.0 Å². The Labute approximate surface area is 171 Å². The van der Waals surface area contributed by atoms with E-state index >= 15 is 0 Å². The summed E-state index contributed by atoms with van der Waals surface area (Å²) in [6.07, 6.45) is 2.67. The third kappa shape index (κ3) is 3.42. The zero-order chi connectivity index (χ0) is 19.8. The molecule has 6 nitrogen and oxygen atoms in total. The van der Waals surface area contributed by atoms with Crippen LogP contribution in [0.4, 0.5) is 0 Å². The van der Waals surface area contributed by atoms with Crippen LogP contribution in [0.25, 0.3) is 21.1 Å². The van der Waals surface area contributed by atoms with Gasteiger partial charge < -0.3 is 9.88 Å². The molecule has 1 amide bonds. The number of nitrogens with one attached hydrogen (secondary N) is 1. The fourth-order valence-corrected chi connectivity index (χ4v) is 5.09. The monoisotopic (exact) mass is 404 g/mol. The number of hydrogen-bond donors (Lipinski definition) is 1. The molecule has 4 aromatic rings. The van der Waals surface area contributed by atoms with Gasteiger partial charge in [-0.1, -0.05) is 24.3 Å². The zero-order valence-corrected chi connectivity index (χ0v) is 16.6. The second kappa shape index (κ2) is 7.40. The highest BCUT2D eigenvalue weighted by molar-refractivity contribution is 7.18. The van der Waals surface area contributed by atoms with Gasteiger partial charge in [0.2, 0.25) is 5.91 Å². The maximum Gasteiger partial charge on any atom is 0.258 e. The number of thiazole rings is 1. The molecular formula is C22H20N4O2S. The summed E-state index contributed by atoms with van der Waals surface area (Å²) in [7, 11) is 0. The molecule has 1 aliphatic rings. The number of carbonyl (C=O) groups is 1. The van der Waals surface area contributed by atoms with Gasteiger partial charge in [0.25, 0.3) is 5.56 Å². The number of H-pyrrole nitrogens is 1. The number of aryl methyl sites for hydroxylation is 1. The average molecular weight is 404 g/mol. The molecule has 2 aromatic heterocycles. The Balaban J connectivity index is 1.33. The maximum absolute atomic E-state index is 12.9. The first-order valence-corrected chi connectivity index (χ1v) is 10.6. The van der Waals surface area contributed by atoms with Crippen molar-refractivity contribution in [1.29, 1.82) is 0 Å². The maximum atomic E-state index is 12.9. The fourth-order valence-electron chi connectivity index (χ4n) is 3.98. The van der Waals surface area contributed by atoms with Crippen molar-refractivity contribution in [3.8, 4) is 0 Å². The molecule has 3 heterocycles. The quantitative estimate of drug-likeness (QED) is 0.561. The third-order valence-corrected chi connectivity index (χ3v) is 6.54. The Morgan fingerprint density at radius 1 is 1.10 bits per heavy atom. The van der Waals surface area contributed by atoms with Gasteiger partial charge >= 0.3 is 0 Å². The van der Waals surface area contributed by atoms with Crippen molar-refractivity contribution < 1.29 is 4.79 Å². The van der Waals surface area contributed by atoms with Crippen LogP contribution in [0.1, 0.15) is 36.1 Å². The summed E-state index contributed by atoms with van der Waals surface area (Å²) in [6, 6.07) is 15.4. The number of para-hydroxylation sites is 2. The lowest BCUT2D eigenvalue weighted by Gasteiger charge is -2.23. The molecule has 7 heteroatoms. The average Bonchev–Trinajstić information content (AvgIpc) is 3.38. The second-order valence-corrected chi connectivity index (χ2v) is 8.36. The van der Waals surface area contributed by atoms with Gasteiger partial charge in [0, 0.05) is 19.4 Å². The van der Waals surface area contributed by atoms with Crippen LogP contribution >= 0.6 is 11.3 Å². The van der Waals surface area contributed by atoms with E-state index in [0.717, 1.165) is 34.6 Å². The minimum absolute atomic E-state index is 0.0449. The van der Waals surface area contributed by atoms with Crippen LogP contribution in [0.2, 0.25) is 0 Å². The molecule has 1 saturated heterocycles.